The first-order chi connectivity index (χ1) is 15.0. The van der Waals surface area contributed by atoms with E-state index in [1.165, 1.54) is 0 Å². The van der Waals surface area contributed by atoms with Crippen LogP contribution in [0.1, 0.15) is 65.2 Å². The van der Waals surface area contributed by atoms with Crippen molar-refractivity contribution in [3.63, 3.8) is 0 Å². The smallest absolute Gasteiger partial charge is 0.251 e. The van der Waals surface area contributed by atoms with Gasteiger partial charge < -0.3 is 9.88 Å². The number of aromatic nitrogens is 2. The van der Waals surface area contributed by atoms with Gasteiger partial charge in [-0.25, -0.2) is 4.98 Å². The van der Waals surface area contributed by atoms with Crippen LogP contribution in [0.4, 0.5) is 0 Å². The fourth-order valence-corrected chi connectivity index (χ4v) is 4.10. The van der Waals surface area contributed by atoms with Crippen molar-refractivity contribution in [2.45, 2.75) is 33.2 Å². The van der Waals surface area contributed by atoms with Crippen LogP contribution in [0, 0.1) is 5.92 Å². The minimum atomic E-state index is -0.114. The maximum absolute atomic E-state index is 13.2. The molecule has 0 spiro atoms. The number of carbonyl (C=O) groups is 2. The summed E-state index contributed by atoms with van der Waals surface area (Å²) in [4.78, 5) is 29.7. The van der Waals surface area contributed by atoms with E-state index in [-0.39, 0.29) is 17.7 Å². The summed E-state index contributed by atoms with van der Waals surface area (Å²) in [5.41, 5.74) is 5.66. The molecule has 2 aromatic carbocycles. The third-order valence-electron chi connectivity index (χ3n) is 5.73. The van der Waals surface area contributed by atoms with E-state index in [1.54, 1.807) is 30.6 Å². The van der Waals surface area contributed by atoms with Crippen LogP contribution in [-0.4, -0.2) is 27.8 Å². The first kappa shape index (κ1) is 20.8. The number of nitrogens with one attached hydrogen (secondary N) is 1. The Morgan fingerprint density at radius 1 is 1.03 bits per heavy atom. The Hall–Kier alpha value is -3.47. The number of amides is 1. The minimum absolute atomic E-state index is 0.0434. The zero-order valence-electron chi connectivity index (χ0n) is 18.1. The van der Waals surface area contributed by atoms with E-state index in [0.717, 1.165) is 22.4 Å². The van der Waals surface area contributed by atoms with Gasteiger partial charge in [-0.2, -0.15) is 0 Å². The van der Waals surface area contributed by atoms with Crippen molar-refractivity contribution in [3.8, 4) is 0 Å². The summed E-state index contributed by atoms with van der Waals surface area (Å²) in [5.74, 6) is 0.318. The van der Waals surface area contributed by atoms with Gasteiger partial charge in [0.15, 0.2) is 5.78 Å². The van der Waals surface area contributed by atoms with Gasteiger partial charge in [-0.1, -0.05) is 56.3 Å². The van der Waals surface area contributed by atoms with Gasteiger partial charge in [0.2, 0.25) is 0 Å². The molecule has 3 aromatic rings. The summed E-state index contributed by atoms with van der Waals surface area (Å²) in [5, 5.41) is 2.90. The van der Waals surface area contributed by atoms with Crippen molar-refractivity contribution in [1.82, 2.24) is 14.9 Å². The van der Waals surface area contributed by atoms with Crippen LogP contribution in [-0.2, 0) is 0 Å². The van der Waals surface area contributed by atoms with E-state index in [2.05, 4.69) is 47.8 Å². The lowest BCUT2D eigenvalue weighted by molar-refractivity contribution is 0.0944. The fourth-order valence-electron chi connectivity index (χ4n) is 4.10. The molecule has 1 amide bonds. The molecule has 1 aliphatic heterocycles. The zero-order chi connectivity index (χ0) is 22.0. The molecular weight excluding hydrogens is 386 g/mol. The number of fused-ring (bicyclic) bond motifs is 1. The number of hydrogen-bond donors (Lipinski definition) is 1. The molecule has 2 heterocycles. The number of hydrogen-bond acceptors (Lipinski definition) is 3. The molecule has 0 bridgehead atoms. The molecule has 4 rings (SSSR count). The molecule has 1 unspecified atom stereocenters. The van der Waals surface area contributed by atoms with E-state index >= 15 is 0 Å². The number of benzene rings is 2. The second-order valence-corrected chi connectivity index (χ2v) is 8.42. The van der Waals surface area contributed by atoms with Gasteiger partial charge in [-0.3, -0.25) is 9.59 Å². The third kappa shape index (κ3) is 4.22. The minimum Gasteiger partial charge on any atom is -0.352 e. The number of carbonyl (C=O) groups excluding carboxylic acids is 2. The van der Waals surface area contributed by atoms with Gasteiger partial charge in [0.05, 0.1) is 24.3 Å². The van der Waals surface area contributed by atoms with E-state index in [9.17, 15) is 9.59 Å². The second-order valence-electron chi connectivity index (χ2n) is 8.42. The van der Waals surface area contributed by atoms with Crippen molar-refractivity contribution in [2.24, 2.45) is 5.92 Å². The third-order valence-corrected chi connectivity index (χ3v) is 5.73. The SMILES string of the molecule is CC1=C(c2ccccc2)C(CC(=O)c2ccc(C(=O)NCC(C)C)cc2)n2cncc21. The number of Topliss-reactive ketones (excluding diaryl/α,β-unsaturated/α-hetero) is 1. The van der Waals surface area contributed by atoms with E-state index in [4.69, 9.17) is 0 Å². The molecule has 1 N–H and O–H groups in total. The van der Waals surface area contributed by atoms with Gasteiger partial charge in [-0.05, 0) is 41.7 Å². The Morgan fingerprint density at radius 2 is 1.71 bits per heavy atom. The van der Waals surface area contributed by atoms with Crippen LogP contribution in [0.2, 0.25) is 0 Å². The van der Waals surface area contributed by atoms with Crippen molar-refractivity contribution >= 4 is 22.8 Å². The van der Waals surface area contributed by atoms with E-state index in [0.29, 0.717) is 30.0 Å². The first-order valence-electron chi connectivity index (χ1n) is 10.7. The summed E-state index contributed by atoms with van der Waals surface area (Å²) >= 11 is 0. The number of rotatable bonds is 7. The second kappa shape index (κ2) is 8.72. The molecule has 0 saturated carbocycles. The highest BCUT2D eigenvalue weighted by molar-refractivity contribution is 6.02. The molecule has 5 nitrogen and oxygen atoms in total. The standard InChI is InChI=1S/C26H27N3O2/c1-17(2)14-28-26(31)21-11-9-19(10-12-21)24(30)13-22-25(20-7-5-4-6-8-20)18(3)23-15-27-16-29(22)23/h4-12,15-17,22H,13-14H2,1-3H3,(H,28,31). The highest BCUT2D eigenvalue weighted by Gasteiger charge is 2.31. The number of allylic oxidation sites excluding steroid dienone is 2. The average molecular weight is 414 g/mol. The summed E-state index contributed by atoms with van der Waals surface area (Å²) < 4.78 is 2.09. The first-order valence-corrected chi connectivity index (χ1v) is 10.7. The number of ketones is 1. The van der Waals surface area contributed by atoms with E-state index < -0.39 is 0 Å². The highest BCUT2D eigenvalue weighted by Crippen LogP contribution is 2.44. The van der Waals surface area contributed by atoms with Gasteiger partial charge in [0.1, 0.15) is 0 Å². The molecule has 0 aliphatic carbocycles. The van der Waals surface area contributed by atoms with Gasteiger partial charge in [0.25, 0.3) is 5.91 Å². The lowest BCUT2D eigenvalue weighted by atomic mass is 9.91. The summed E-state index contributed by atoms with van der Waals surface area (Å²) in [6.07, 6.45) is 3.99. The topological polar surface area (TPSA) is 64.0 Å². The Bertz CT molecular complexity index is 1120. The molecule has 5 heteroatoms. The van der Waals surface area contributed by atoms with Gasteiger partial charge >= 0.3 is 0 Å². The van der Waals surface area contributed by atoms with Gasteiger partial charge in [-0.15, -0.1) is 0 Å². The Morgan fingerprint density at radius 3 is 2.39 bits per heavy atom. The van der Waals surface area contributed by atoms with Crippen molar-refractivity contribution in [1.29, 1.82) is 0 Å². The Kier molecular flexibility index (Phi) is 5.85. The normalized spacial score (nSPS) is 15.3. The predicted molar refractivity (Wildman–Crippen MR) is 123 cm³/mol. The lowest BCUT2D eigenvalue weighted by Crippen LogP contribution is -2.27. The molecule has 1 aliphatic rings. The molecule has 158 valence electrons. The molecule has 0 radical (unpaired) electrons. The molecule has 0 saturated heterocycles. The Labute approximate surface area is 182 Å². The summed E-state index contributed by atoms with van der Waals surface area (Å²) in [6.45, 7) is 6.82. The predicted octanol–water partition coefficient (Wildman–Crippen LogP) is 5.03. The van der Waals surface area contributed by atoms with Crippen LogP contribution < -0.4 is 5.32 Å². The molecule has 0 fully saturated rings. The van der Waals surface area contributed by atoms with Crippen LogP contribution >= 0.6 is 0 Å². The quantitative estimate of drug-likeness (QED) is 0.553. The van der Waals surface area contributed by atoms with E-state index in [1.807, 2.05) is 24.4 Å². The maximum Gasteiger partial charge on any atom is 0.251 e. The van der Waals surface area contributed by atoms with Crippen molar-refractivity contribution in [3.05, 3.63) is 89.5 Å². The largest absolute Gasteiger partial charge is 0.352 e. The number of nitrogens with zero attached hydrogens (tertiary/aromatic N) is 2. The van der Waals surface area contributed by atoms with Crippen LogP contribution in [0.15, 0.2) is 67.1 Å². The van der Waals surface area contributed by atoms with Crippen molar-refractivity contribution < 1.29 is 9.59 Å². The fraction of sp³-hybridized carbons (Fsp3) is 0.269. The highest BCUT2D eigenvalue weighted by atomic mass is 16.1. The average Bonchev–Trinajstić information content (AvgIpc) is 3.36. The molecule has 31 heavy (non-hydrogen) atoms. The molecular formula is C26H27N3O2. The monoisotopic (exact) mass is 413 g/mol. The Balaban J connectivity index is 1.54. The molecule has 1 atom stereocenters. The van der Waals surface area contributed by atoms with Crippen molar-refractivity contribution in [2.75, 3.05) is 6.54 Å². The van der Waals surface area contributed by atoms with Gasteiger partial charge in [0, 0.05) is 24.1 Å². The number of imidazole rings is 1. The van der Waals surface area contributed by atoms with Crippen LogP contribution in [0.3, 0.4) is 0 Å². The zero-order valence-corrected chi connectivity index (χ0v) is 18.1. The lowest BCUT2D eigenvalue weighted by Gasteiger charge is -2.18. The molecule has 1 aromatic heterocycles. The van der Waals surface area contributed by atoms with Crippen LogP contribution in [0.25, 0.3) is 11.1 Å². The summed E-state index contributed by atoms with van der Waals surface area (Å²) in [7, 11) is 0. The maximum atomic E-state index is 13.2. The summed E-state index contributed by atoms with van der Waals surface area (Å²) in [6, 6.07) is 17.0. The van der Waals surface area contributed by atoms with Crippen LogP contribution in [0.5, 0.6) is 0 Å².